The van der Waals surface area contributed by atoms with E-state index >= 15 is 0 Å². The Hall–Kier alpha value is -1.84. The van der Waals surface area contributed by atoms with E-state index in [-0.39, 0.29) is 11.8 Å². The molecule has 0 radical (unpaired) electrons. The second-order valence-electron chi connectivity index (χ2n) is 5.91. The van der Waals surface area contributed by atoms with Crippen LogP contribution in [0.1, 0.15) is 29.9 Å². The first kappa shape index (κ1) is 13.2. The van der Waals surface area contributed by atoms with E-state index in [1.165, 1.54) is 11.1 Å². The Bertz CT molecular complexity index is 554. The molecule has 1 amide bonds. The SMILES string of the molecule is Cc1ccccc1[C@@H]1CCN(C(=O)[C@@H]2C[C@H]2C(=O)O)C1. The fourth-order valence-corrected chi connectivity index (χ4v) is 3.23. The Kier molecular flexibility index (Phi) is 3.24. The highest BCUT2D eigenvalue weighted by molar-refractivity contribution is 5.89. The van der Waals surface area contributed by atoms with E-state index in [0.29, 0.717) is 12.3 Å². The number of amides is 1. The average Bonchev–Trinajstić information content (AvgIpc) is 3.09. The molecule has 0 unspecified atom stereocenters. The van der Waals surface area contributed by atoms with Gasteiger partial charge in [0.15, 0.2) is 0 Å². The molecule has 4 heteroatoms. The Morgan fingerprint density at radius 2 is 2.00 bits per heavy atom. The zero-order chi connectivity index (χ0) is 14.3. The van der Waals surface area contributed by atoms with E-state index in [9.17, 15) is 9.59 Å². The number of carboxylic acid groups (broad SMARTS) is 1. The van der Waals surface area contributed by atoms with Gasteiger partial charge >= 0.3 is 5.97 Å². The third-order valence-electron chi connectivity index (χ3n) is 4.55. The highest BCUT2D eigenvalue weighted by Crippen LogP contribution is 2.41. The molecule has 2 aliphatic rings. The normalized spacial score (nSPS) is 28.4. The van der Waals surface area contributed by atoms with Crippen molar-refractivity contribution in [3.63, 3.8) is 0 Å². The number of carboxylic acids is 1. The number of hydrogen-bond donors (Lipinski definition) is 1. The van der Waals surface area contributed by atoms with E-state index in [1.54, 1.807) is 0 Å². The van der Waals surface area contributed by atoms with Gasteiger partial charge in [-0.15, -0.1) is 0 Å². The van der Waals surface area contributed by atoms with Crippen molar-refractivity contribution in [2.45, 2.75) is 25.7 Å². The zero-order valence-corrected chi connectivity index (χ0v) is 11.6. The lowest BCUT2D eigenvalue weighted by atomic mass is 9.94. The number of aryl methyl sites for hydroxylation is 1. The van der Waals surface area contributed by atoms with Crippen LogP contribution in [-0.2, 0) is 9.59 Å². The van der Waals surface area contributed by atoms with Gasteiger partial charge in [0, 0.05) is 19.0 Å². The van der Waals surface area contributed by atoms with Crippen molar-refractivity contribution in [1.82, 2.24) is 4.90 Å². The molecule has 0 aromatic heterocycles. The lowest BCUT2D eigenvalue weighted by Crippen LogP contribution is -2.30. The monoisotopic (exact) mass is 273 g/mol. The molecule has 1 aliphatic carbocycles. The van der Waals surface area contributed by atoms with Crippen LogP contribution in [-0.4, -0.2) is 35.0 Å². The highest BCUT2D eigenvalue weighted by Gasteiger charge is 2.50. The molecular formula is C16H19NO3. The summed E-state index contributed by atoms with van der Waals surface area (Å²) in [5.74, 6) is -1.13. The minimum absolute atomic E-state index is 0.0356. The molecule has 0 bridgehead atoms. The van der Waals surface area contributed by atoms with Crippen LogP contribution in [0.4, 0.5) is 0 Å². The summed E-state index contributed by atoms with van der Waals surface area (Å²) in [6, 6.07) is 8.29. The third kappa shape index (κ3) is 2.30. The van der Waals surface area contributed by atoms with Gasteiger partial charge in [0.25, 0.3) is 0 Å². The van der Waals surface area contributed by atoms with E-state index in [4.69, 9.17) is 5.11 Å². The first-order valence-electron chi connectivity index (χ1n) is 7.15. The van der Waals surface area contributed by atoms with Crippen LogP contribution >= 0.6 is 0 Å². The number of benzene rings is 1. The maximum absolute atomic E-state index is 12.2. The molecule has 1 aromatic carbocycles. The molecule has 106 valence electrons. The average molecular weight is 273 g/mol. The molecule has 1 heterocycles. The summed E-state index contributed by atoms with van der Waals surface area (Å²) >= 11 is 0. The smallest absolute Gasteiger partial charge is 0.307 e. The lowest BCUT2D eigenvalue weighted by Gasteiger charge is -2.17. The van der Waals surface area contributed by atoms with Crippen LogP contribution < -0.4 is 0 Å². The second-order valence-corrected chi connectivity index (χ2v) is 5.91. The molecule has 2 fully saturated rings. The summed E-state index contributed by atoms with van der Waals surface area (Å²) in [5, 5.41) is 8.91. The zero-order valence-electron chi connectivity index (χ0n) is 11.6. The summed E-state index contributed by atoms with van der Waals surface area (Å²) in [4.78, 5) is 24.9. The largest absolute Gasteiger partial charge is 0.481 e. The van der Waals surface area contributed by atoms with E-state index < -0.39 is 11.9 Å². The van der Waals surface area contributed by atoms with Gasteiger partial charge in [-0.05, 0) is 30.9 Å². The predicted molar refractivity (Wildman–Crippen MR) is 74.3 cm³/mol. The van der Waals surface area contributed by atoms with Gasteiger partial charge in [0.05, 0.1) is 11.8 Å². The van der Waals surface area contributed by atoms with Crippen molar-refractivity contribution in [3.05, 3.63) is 35.4 Å². The van der Waals surface area contributed by atoms with Crippen LogP contribution in [0.15, 0.2) is 24.3 Å². The maximum atomic E-state index is 12.2. The van der Waals surface area contributed by atoms with Crippen molar-refractivity contribution in [1.29, 1.82) is 0 Å². The summed E-state index contributed by atoms with van der Waals surface area (Å²) in [7, 11) is 0. The maximum Gasteiger partial charge on any atom is 0.307 e. The minimum Gasteiger partial charge on any atom is -0.481 e. The Morgan fingerprint density at radius 1 is 1.25 bits per heavy atom. The van der Waals surface area contributed by atoms with Crippen LogP contribution in [0, 0.1) is 18.8 Å². The summed E-state index contributed by atoms with van der Waals surface area (Å²) in [5.41, 5.74) is 2.58. The molecule has 1 aromatic rings. The molecule has 4 nitrogen and oxygen atoms in total. The van der Waals surface area contributed by atoms with Gasteiger partial charge < -0.3 is 10.0 Å². The molecule has 1 N–H and O–H groups in total. The van der Waals surface area contributed by atoms with E-state index in [1.807, 2.05) is 17.0 Å². The third-order valence-corrected chi connectivity index (χ3v) is 4.55. The number of carbonyl (C=O) groups is 2. The summed E-state index contributed by atoms with van der Waals surface area (Å²) in [6.07, 6.45) is 1.49. The van der Waals surface area contributed by atoms with Gasteiger partial charge in [-0.2, -0.15) is 0 Å². The lowest BCUT2D eigenvalue weighted by molar-refractivity contribution is -0.141. The standard InChI is InChI=1S/C16H19NO3/c1-10-4-2-3-5-12(10)11-6-7-17(9-11)15(18)13-8-14(13)16(19)20/h2-5,11,13-14H,6-9H2,1H3,(H,19,20)/t11-,13-,14-/m1/s1. The Morgan fingerprint density at radius 3 is 2.65 bits per heavy atom. The number of likely N-dealkylation sites (tertiary alicyclic amines) is 1. The first-order chi connectivity index (χ1) is 9.58. The number of aliphatic carboxylic acids is 1. The van der Waals surface area contributed by atoms with Gasteiger partial charge in [-0.25, -0.2) is 0 Å². The molecule has 20 heavy (non-hydrogen) atoms. The molecule has 3 rings (SSSR count). The molecule has 0 spiro atoms. The second kappa shape index (κ2) is 4.93. The number of carbonyl (C=O) groups excluding carboxylic acids is 1. The number of nitrogens with zero attached hydrogens (tertiary/aromatic N) is 1. The van der Waals surface area contributed by atoms with Gasteiger partial charge in [0.1, 0.15) is 0 Å². The first-order valence-corrected chi connectivity index (χ1v) is 7.15. The molecule has 1 aliphatic heterocycles. The van der Waals surface area contributed by atoms with Crippen molar-refractivity contribution in [3.8, 4) is 0 Å². The predicted octanol–water partition coefficient (Wildman–Crippen LogP) is 2.03. The number of rotatable bonds is 3. The summed E-state index contributed by atoms with van der Waals surface area (Å²) in [6.45, 7) is 3.58. The molecule has 3 atom stereocenters. The Labute approximate surface area is 118 Å². The van der Waals surface area contributed by atoms with Crippen molar-refractivity contribution >= 4 is 11.9 Å². The van der Waals surface area contributed by atoms with Gasteiger partial charge in [0.2, 0.25) is 5.91 Å². The minimum atomic E-state index is -0.835. The summed E-state index contributed by atoms with van der Waals surface area (Å²) < 4.78 is 0. The topological polar surface area (TPSA) is 57.6 Å². The quantitative estimate of drug-likeness (QED) is 0.916. The van der Waals surface area contributed by atoms with Gasteiger partial charge in [-0.1, -0.05) is 24.3 Å². The van der Waals surface area contributed by atoms with Crippen LogP contribution in [0.2, 0.25) is 0 Å². The molecular weight excluding hydrogens is 254 g/mol. The highest BCUT2D eigenvalue weighted by atomic mass is 16.4. The fraction of sp³-hybridized carbons (Fsp3) is 0.500. The van der Waals surface area contributed by atoms with E-state index in [2.05, 4.69) is 19.1 Å². The number of hydrogen-bond acceptors (Lipinski definition) is 2. The molecule has 1 saturated carbocycles. The van der Waals surface area contributed by atoms with Gasteiger partial charge in [-0.3, -0.25) is 9.59 Å². The fourth-order valence-electron chi connectivity index (χ4n) is 3.23. The van der Waals surface area contributed by atoms with Crippen LogP contribution in [0.25, 0.3) is 0 Å². The van der Waals surface area contributed by atoms with Crippen LogP contribution in [0.5, 0.6) is 0 Å². The van der Waals surface area contributed by atoms with E-state index in [0.717, 1.165) is 19.5 Å². The molecule has 1 saturated heterocycles. The van der Waals surface area contributed by atoms with Crippen molar-refractivity contribution in [2.75, 3.05) is 13.1 Å². The Balaban J connectivity index is 1.64. The van der Waals surface area contributed by atoms with Crippen molar-refractivity contribution in [2.24, 2.45) is 11.8 Å². The van der Waals surface area contributed by atoms with Crippen molar-refractivity contribution < 1.29 is 14.7 Å². The van der Waals surface area contributed by atoms with Crippen LogP contribution in [0.3, 0.4) is 0 Å².